The maximum Gasteiger partial charge on any atom is 0.314 e. The molecule has 0 heterocycles. The third-order valence-electron chi connectivity index (χ3n) is 2.72. The van der Waals surface area contributed by atoms with E-state index in [1.165, 1.54) is 19.1 Å². The number of halogens is 1. The minimum Gasteiger partial charge on any atom is -0.447 e. The molecule has 0 aromatic heterocycles. The summed E-state index contributed by atoms with van der Waals surface area (Å²) in [5, 5.41) is 20.5. The highest BCUT2D eigenvalue weighted by atomic mass is 19.1. The van der Waals surface area contributed by atoms with E-state index in [4.69, 9.17) is 4.74 Å². The molecule has 0 radical (unpaired) electrons. The van der Waals surface area contributed by atoms with Gasteiger partial charge in [0.1, 0.15) is 5.75 Å². The lowest BCUT2D eigenvalue weighted by molar-refractivity contribution is -0.385. The molecule has 6 heteroatoms. The van der Waals surface area contributed by atoms with E-state index < -0.39 is 28.3 Å². The van der Waals surface area contributed by atoms with Crippen molar-refractivity contribution >= 4 is 5.69 Å². The lowest BCUT2D eigenvalue weighted by Crippen LogP contribution is -1.99. The van der Waals surface area contributed by atoms with Gasteiger partial charge in [0.25, 0.3) is 0 Å². The van der Waals surface area contributed by atoms with E-state index >= 15 is 0 Å². The van der Waals surface area contributed by atoms with Gasteiger partial charge in [0.15, 0.2) is 5.82 Å². The van der Waals surface area contributed by atoms with Gasteiger partial charge in [-0.25, -0.2) is 4.39 Å². The van der Waals surface area contributed by atoms with Gasteiger partial charge in [0, 0.05) is 11.6 Å². The zero-order valence-electron chi connectivity index (χ0n) is 10.6. The molecule has 0 bridgehead atoms. The number of benzene rings is 2. The largest absolute Gasteiger partial charge is 0.447 e. The van der Waals surface area contributed by atoms with Crippen LogP contribution in [0, 0.1) is 15.9 Å². The van der Waals surface area contributed by atoms with Crippen molar-refractivity contribution < 1.29 is 19.2 Å². The third-order valence-corrected chi connectivity index (χ3v) is 2.72. The van der Waals surface area contributed by atoms with E-state index in [9.17, 15) is 19.6 Å². The summed E-state index contributed by atoms with van der Waals surface area (Å²) in [4.78, 5) is 10.2. The van der Waals surface area contributed by atoms with Crippen LogP contribution in [0.5, 0.6) is 11.5 Å². The molecule has 0 aliphatic rings. The van der Waals surface area contributed by atoms with Gasteiger partial charge in [0.05, 0.1) is 11.0 Å². The summed E-state index contributed by atoms with van der Waals surface area (Å²) >= 11 is 0. The van der Waals surface area contributed by atoms with Gasteiger partial charge in [-0.15, -0.1) is 0 Å². The van der Waals surface area contributed by atoms with Crippen molar-refractivity contribution in [2.45, 2.75) is 13.0 Å². The Kier molecular flexibility index (Phi) is 3.95. The molecule has 2 aromatic carbocycles. The van der Waals surface area contributed by atoms with Gasteiger partial charge in [-0.3, -0.25) is 10.1 Å². The maximum absolute atomic E-state index is 13.7. The van der Waals surface area contributed by atoms with Gasteiger partial charge >= 0.3 is 5.69 Å². The molecule has 0 amide bonds. The number of rotatable bonds is 4. The van der Waals surface area contributed by atoms with Crippen molar-refractivity contribution in [3.63, 3.8) is 0 Å². The molecule has 1 unspecified atom stereocenters. The summed E-state index contributed by atoms with van der Waals surface area (Å²) in [6.45, 7) is 1.53. The van der Waals surface area contributed by atoms with Gasteiger partial charge < -0.3 is 9.84 Å². The Morgan fingerprint density at radius 2 is 1.95 bits per heavy atom. The Balaban J connectivity index is 2.48. The average Bonchev–Trinajstić information content (AvgIpc) is 2.41. The summed E-state index contributed by atoms with van der Waals surface area (Å²) in [5.74, 6) is -1.12. The second kappa shape index (κ2) is 5.66. The Hall–Kier alpha value is -2.47. The van der Waals surface area contributed by atoms with Crippen molar-refractivity contribution in [2.75, 3.05) is 0 Å². The predicted octanol–water partition coefficient (Wildman–Crippen LogP) is 3.58. The highest BCUT2D eigenvalue weighted by Gasteiger charge is 2.21. The van der Waals surface area contributed by atoms with E-state index in [0.717, 1.165) is 12.1 Å². The second-order valence-electron chi connectivity index (χ2n) is 4.16. The van der Waals surface area contributed by atoms with E-state index in [1.54, 1.807) is 18.2 Å². The van der Waals surface area contributed by atoms with Gasteiger partial charge in [-0.1, -0.05) is 24.3 Å². The number of ether oxygens (including phenoxy) is 1. The standard InChI is InChI=1S/C14H12FNO4/c1-9(17)10-5-2-3-8-13(10)20-14-11(15)6-4-7-12(14)16(18)19/h2-9,17H,1H3. The SMILES string of the molecule is CC(O)c1ccccc1Oc1c(F)cccc1[N+](=O)[O-]. The van der Waals surface area contributed by atoms with Crippen LogP contribution >= 0.6 is 0 Å². The smallest absolute Gasteiger partial charge is 0.314 e. The molecule has 1 atom stereocenters. The van der Waals surface area contributed by atoms with Crippen molar-refractivity contribution in [1.82, 2.24) is 0 Å². The maximum atomic E-state index is 13.7. The van der Waals surface area contributed by atoms with Crippen LogP contribution in [0.25, 0.3) is 0 Å². The molecule has 0 saturated carbocycles. The fourth-order valence-electron chi connectivity index (χ4n) is 1.77. The first-order valence-electron chi connectivity index (χ1n) is 5.88. The topological polar surface area (TPSA) is 72.6 Å². The molecular weight excluding hydrogens is 265 g/mol. The number of aliphatic hydroxyl groups is 1. The van der Waals surface area contributed by atoms with E-state index in [1.807, 2.05) is 0 Å². The summed E-state index contributed by atoms with van der Waals surface area (Å²) in [6, 6.07) is 9.90. The zero-order chi connectivity index (χ0) is 14.7. The Bertz CT molecular complexity index is 643. The first kappa shape index (κ1) is 14.0. The molecule has 0 aliphatic carbocycles. The molecule has 0 aliphatic heterocycles. The fourth-order valence-corrected chi connectivity index (χ4v) is 1.77. The molecule has 2 rings (SSSR count). The Morgan fingerprint density at radius 3 is 2.60 bits per heavy atom. The highest BCUT2D eigenvalue weighted by molar-refractivity contribution is 5.50. The first-order chi connectivity index (χ1) is 9.50. The number of nitro groups is 1. The quantitative estimate of drug-likeness (QED) is 0.684. The van der Waals surface area contributed by atoms with Gasteiger partial charge in [-0.2, -0.15) is 0 Å². The van der Waals surface area contributed by atoms with Crippen molar-refractivity contribution in [2.24, 2.45) is 0 Å². The molecule has 20 heavy (non-hydrogen) atoms. The van der Waals surface area contributed by atoms with Crippen LogP contribution < -0.4 is 4.74 Å². The van der Waals surface area contributed by atoms with Crippen LogP contribution in [0.3, 0.4) is 0 Å². The number of hydrogen-bond acceptors (Lipinski definition) is 4. The molecule has 0 saturated heterocycles. The average molecular weight is 277 g/mol. The van der Waals surface area contributed by atoms with E-state index in [-0.39, 0.29) is 5.75 Å². The van der Waals surface area contributed by atoms with Crippen LogP contribution in [0.2, 0.25) is 0 Å². The molecule has 2 aromatic rings. The fraction of sp³-hybridized carbons (Fsp3) is 0.143. The highest BCUT2D eigenvalue weighted by Crippen LogP contribution is 2.36. The zero-order valence-corrected chi connectivity index (χ0v) is 10.6. The van der Waals surface area contributed by atoms with E-state index in [2.05, 4.69) is 0 Å². The monoisotopic (exact) mass is 277 g/mol. The molecule has 0 fully saturated rings. The number of aliphatic hydroxyl groups excluding tert-OH is 1. The molecule has 104 valence electrons. The van der Waals surface area contributed by atoms with Crippen LogP contribution in [0.1, 0.15) is 18.6 Å². The summed E-state index contributed by atoms with van der Waals surface area (Å²) < 4.78 is 19.1. The van der Waals surface area contributed by atoms with Crippen LogP contribution in [0.15, 0.2) is 42.5 Å². The lowest BCUT2D eigenvalue weighted by atomic mass is 10.1. The molecular formula is C14H12FNO4. The minimum atomic E-state index is -0.836. The van der Waals surface area contributed by atoms with E-state index in [0.29, 0.717) is 5.56 Å². The summed E-state index contributed by atoms with van der Waals surface area (Å²) in [6.07, 6.45) is -0.836. The van der Waals surface area contributed by atoms with Crippen LogP contribution in [-0.2, 0) is 0 Å². The van der Waals surface area contributed by atoms with Gasteiger partial charge in [-0.05, 0) is 19.1 Å². The minimum absolute atomic E-state index is 0.177. The number of hydrogen-bond donors (Lipinski definition) is 1. The summed E-state index contributed by atoms with van der Waals surface area (Å²) in [7, 11) is 0. The Labute approximate surface area is 114 Å². The third kappa shape index (κ3) is 2.75. The number of nitro benzene ring substituents is 1. The van der Waals surface area contributed by atoms with Gasteiger partial charge in [0.2, 0.25) is 5.75 Å². The van der Waals surface area contributed by atoms with Crippen LogP contribution in [0.4, 0.5) is 10.1 Å². The summed E-state index contributed by atoms with van der Waals surface area (Å²) in [5.41, 5.74) is -0.0459. The van der Waals surface area contributed by atoms with Crippen molar-refractivity contribution in [1.29, 1.82) is 0 Å². The molecule has 5 nitrogen and oxygen atoms in total. The first-order valence-corrected chi connectivity index (χ1v) is 5.88. The number of para-hydroxylation sites is 2. The lowest BCUT2D eigenvalue weighted by Gasteiger charge is -2.13. The number of nitrogens with zero attached hydrogens (tertiary/aromatic N) is 1. The Morgan fingerprint density at radius 1 is 1.25 bits per heavy atom. The molecule has 0 spiro atoms. The van der Waals surface area contributed by atoms with Crippen molar-refractivity contribution in [3.8, 4) is 11.5 Å². The predicted molar refractivity (Wildman–Crippen MR) is 70.2 cm³/mol. The molecule has 1 N–H and O–H groups in total. The van der Waals surface area contributed by atoms with Crippen LogP contribution in [-0.4, -0.2) is 10.0 Å². The van der Waals surface area contributed by atoms with Crippen molar-refractivity contribution in [3.05, 3.63) is 64.0 Å². The normalized spacial score (nSPS) is 11.9. The second-order valence-corrected chi connectivity index (χ2v) is 4.16.